The van der Waals surface area contributed by atoms with Crippen LogP contribution in [-0.2, 0) is 19.2 Å². The second-order valence-corrected chi connectivity index (χ2v) is 6.43. The zero-order valence-corrected chi connectivity index (χ0v) is 18.0. The Morgan fingerprint density at radius 2 is 1.54 bits per heavy atom. The van der Waals surface area contributed by atoms with Gasteiger partial charge in [-0.2, -0.15) is 0 Å². The second-order valence-electron chi connectivity index (χ2n) is 6.43. The van der Waals surface area contributed by atoms with Gasteiger partial charge >= 0.3 is 0 Å². The molecule has 0 radical (unpaired) electrons. The summed E-state index contributed by atoms with van der Waals surface area (Å²) in [6, 6.07) is -0.465. The first-order chi connectivity index (χ1) is 12.1. The lowest BCUT2D eigenvalue weighted by molar-refractivity contribution is -0.124. The van der Waals surface area contributed by atoms with E-state index in [2.05, 4.69) is 17.6 Å². The SMILES string of the molecule is CC.CC(=O)C(CCC(=O)NC(C)C)NC=O.CCCCC(=O)C(C)C. The van der Waals surface area contributed by atoms with Crippen LogP contribution < -0.4 is 10.6 Å². The minimum absolute atomic E-state index is 0.0901. The largest absolute Gasteiger partial charge is 0.354 e. The zero-order chi connectivity index (χ0) is 21.1. The molecule has 0 aromatic heterocycles. The van der Waals surface area contributed by atoms with Crippen molar-refractivity contribution in [1.29, 1.82) is 0 Å². The Morgan fingerprint density at radius 1 is 1.00 bits per heavy atom. The van der Waals surface area contributed by atoms with Crippen LogP contribution in [-0.4, -0.2) is 36.0 Å². The number of unbranched alkanes of at least 4 members (excludes halogenated alkanes) is 1. The highest BCUT2D eigenvalue weighted by Crippen LogP contribution is 2.02. The first-order valence-corrected chi connectivity index (χ1v) is 9.67. The summed E-state index contributed by atoms with van der Waals surface area (Å²) in [6.07, 6.45) is 4.01. The van der Waals surface area contributed by atoms with Crippen LogP contribution in [0.25, 0.3) is 0 Å². The third-order valence-electron chi connectivity index (χ3n) is 3.29. The van der Waals surface area contributed by atoms with E-state index in [1.807, 2.05) is 41.5 Å². The van der Waals surface area contributed by atoms with Crippen molar-refractivity contribution >= 4 is 23.9 Å². The Labute approximate surface area is 159 Å². The fraction of sp³-hybridized carbons (Fsp3) is 0.800. The van der Waals surface area contributed by atoms with E-state index in [-0.39, 0.29) is 30.1 Å². The van der Waals surface area contributed by atoms with Crippen molar-refractivity contribution < 1.29 is 19.2 Å². The number of nitrogens with one attached hydrogen (secondary N) is 2. The zero-order valence-electron chi connectivity index (χ0n) is 18.0. The average Bonchev–Trinajstić information content (AvgIpc) is 2.57. The monoisotopic (exact) mass is 372 g/mol. The quantitative estimate of drug-likeness (QED) is 0.544. The summed E-state index contributed by atoms with van der Waals surface area (Å²) < 4.78 is 0. The molecule has 0 saturated carbocycles. The highest BCUT2D eigenvalue weighted by molar-refractivity contribution is 5.84. The lowest BCUT2D eigenvalue weighted by Gasteiger charge is -2.13. The average molecular weight is 373 g/mol. The molecule has 154 valence electrons. The first-order valence-electron chi connectivity index (χ1n) is 9.67. The van der Waals surface area contributed by atoms with Gasteiger partial charge in [-0.25, -0.2) is 0 Å². The van der Waals surface area contributed by atoms with Crippen molar-refractivity contribution in [2.24, 2.45) is 5.92 Å². The summed E-state index contributed by atoms with van der Waals surface area (Å²) in [5.41, 5.74) is 0. The van der Waals surface area contributed by atoms with Gasteiger partial charge in [0.2, 0.25) is 12.3 Å². The summed E-state index contributed by atoms with van der Waals surface area (Å²) >= 11 is 0. The number of hydrogen-bond acceptors (Lipinski definition) is 4. The van der Waals surface area contributed by atoms with Crippen molar-refractivity contribution in [1.82, 2.24) is 10.6 Å². The number of hydrogen-bond donors (Lipinski definition) is 2. The van der Waals surface area contributed by atoms with E-state index in [0.29, 0.717) is 18.6 Å². The van der Waals surface area contributed by atoms with Gasteiger partial charge in [0.15, 0.2) is 5.78 Å². The van der Waals surface area contributed by atoms with Crippen LogP contribution in [0.3, 0.4) is 0 Å². The van der Waals surface area contributed by atoms with Gasteiger partial charge < -0.3 is 10.6 Å². The molecule has 0 saturated heterocycles. The van der Waals surface area contributed by atoms with E-state index in [1.165, 1.54) is 6.92 Å². The van der Waals surface area contributed by atoms with Crippen LogP contribution in [0.2, 0.25) is 0 Å². The van der Waals surface area contributed by atoms with Gasteiger partial charge in [0.1, 0.15) is 5.78 Å². The fourth-order valence-corrected chi connectivity index (χ4v) is 1.80. The van der Waals surface area contributed by atoms with Crippen LogP contribution in [0.1, 0.15) is 87.5 Å². The minimum atomic E-state index is -0.555. The third kappa shape index (κ3) is 20.3. The molecule has 0 fully saturated rings. The Balaban J connectivity index is -0.000000411. The lowest BCUT2D eigenvalue weighted by Crippen LogP contribution is -2.37. The molecule has 0 bridgehead atoms. The molecule has 0 spiro atoms. The molecule has 0 aliphatic heterocycles. The van der Waals surface area contributed by atoms with Crippen LogP contribution in [0.15, 0.2) is 0 Å². The molecule has 0 rings (SSSR count). The number of amides is 2. The lowest BCUT2D eigenvalue weighted by atomic mass is 10.0. The smallest absolute Gasteiger partial charge is 0.220 e. The van der Waals surface area contributed by atoms with Crippen molar-refractivity contribution in [3.63, 3.8) is 0 Å². The molecule has 2 N–H and O–H groups in total. The molecular formula is C20H40N2O4. The molecule has 0 aliphatic rings. The predicted molar refractivity (Wildman–Crippen MR) is 107 cm³/mol. The second kappa shape index (κ2) is 19.6. The summed E-state index contributed by atoms with van der Waals surface area (Å²) in [4.78, 5) is 43.3. The highest BCUT2D eigenvalue weighted by Gasteiger charge is 2.14. The van der Waals surface area contributed by atoms with Gasteiger partial charge in [0.05, 0.1) is 6.04 Å². The Morgan fingerprint density at radius 3 is 1.88 bits per heavy atom. The summed E-state index contributed by atoms with van der Waals surface area (Å²) in [5, 5.41) is 5.09. The van der Waals surface area contributed by atoms with E-state index in [9.17, 15) is 19.2 Å². The van der Waals surface area contributed by atoms with Crippen molar-refractivity contribution in [2.75, 3.05) is 0 Å². The molecule has 0 aliphatic carbocycles. The first kappa shape index (κ1) is 29.1. The maximum absolute atomic E-state index is 11.2. The summed E-state index contributed by atoms with van der Waals surface area (Å²) in [7, 11) is 0. The van der Waals surface area contributed by atoms with Crippen LogP contribution >= 0.6 is 0 Å². The summed E-state index contributed by atoms with van der Waals surface area (Å²) in [6.45, 7) is 15.1. The fourth-order valence-electron chi connectivity index (χ4n) is 1.80. The van der Waals surface area contributed by atoms with Gasteiger partial charge in [0.25, 0.3) is 0 Å². The van der Waals surface area contributed by atoms with Gasteiger partial charge in [-0.05, 0) is 33.6 Å². The Kier molecular flexibility index (Phi) is 21.9. The normalized spacial score (nSPS) is 10.7. The van der Waals surface area contributed by atoms with Gasteiger partial charge in [-0.15, -0.1) is 0 Å². The predicted octanol–water partition coefficient (Wildman–Crippen LogP) is 3.42. The van der Waals surface area contributed by atoms with E-state index < -0.39 is 6.04 Å². The third-order valence-corrected chi connectivity index (χ3v) is 3.29. The van der Waals surface area contributed by atoms with Gasteiger partial charge in [-0.1, -0.05) is 41.0 Å². The molecule has 26 heavy (non-hydrogen) atoms. The number of carbonyl (C=O) groups excluding carboxylic acids is 4. The van der Waals surface area contributed by atoms with E-state index in [0.717, 1.165) is 19.3 Å². The molecule has 0 aromatic carbocycles. The van der Waals surface area contributed by atoms with E-state index >= 15 is 0 Å². The topological polar surface area (TPSA) is 92.3 Å². The van der Waals surface area contributed by atoms with Crippen molar-refractivity contribution in [2.45, 2.75) is 99.6 Å². The van der Waals surface area contributed by atoms with E-state index in [4.69, 9.17) is 0 Å². The molecule has 6 heteroatoms. The standard InChI is InChI=1S/C10H18N2O3.C8H16O.C2H6/c1-7(2)12-10(15)5-4-9(8(3)14)11-6-13;1-4-5-6-8(9)7(2)3;1-2/h6-7,9H,4-5H2,1-3H3,(H,11,13)(H,12,15);7H,4-6H2,1-3H3;1-2H3. The number of ketones is 2. The Hall–Kier alpha value is -1.72. The molecule has 6 nitrogen and oxygen atoms in total. The number of rotatable bonds is 11. The minimum Gasteiger partial charge on any atom is -0.354 e. The molecule has 0 heterocycles. The van der Waals surface area contributed by atoms with Gasteiger partial charge in [-0.3, -0.25) is 19.2 Å². The molecule has 0 aromatic rings. The number of Topliss-reactive ketones (excluding diaryl/α,β-unsaturated/α-hetero) is 2. The Bertz CT molecular complexity index is 393. The maximum Gasteiger partial charge on any atom is 0.220 e. The molecule has 1 unspecified atom stereocenters. The van der Waals surface area contributed by atoms with Crippen LogP contribution in [0.4, 0.5) is 0 Å². The van der Waals surface area contributed by atoms with Crippen molar-refractivity contribution in [3.05, 3.63) is 0 Å². The molecule has 2 amide bonds. The van der Waals surface area contributed by atoms with Crippen molar-refractivity contribution in [3.8, 4) is 0 Å². The van der Waals surface area contributed by atoms with Gasteiger partial charge in [0, 0.05) is 24.8 Å². The molecule has 1 atom stereocenters. The van der Waals surface area contributed by atoms with E-state index in [1.54, 1.807) is 0 Å². The number of carbonyl (C=O) groups is 4. The molecular weight excluding hydrogens is 332 g/mol. The van der Waals surface area contributed by atoms with Crippen LogP contribution in [0, 0.1) is 5.92 Å². The maximum atomic E-state index is 11.2. The highest BCUT2D eigenvalue weighted by atomic mass is 16.2. The summed E-state index contributed by atoms with van der Waals surface area (Å²) in [5.74, 6) is 0.386. The van der Waals surface area contributed by atoms with Crippen LogP contribution in [0.5, 0.6) is 0 Å².